The molecule has 22 heavy (non-hydrogen) atoms. The van der Waals surface area contributed by atoms with Gasteiger partial charge in [0.1, 0.15) is 0 Å². The number of nitrogens with one attached hydrogen (secondary N) is 2. The van der Waals surface area contributed by atoms with Gasteiger partial charge in [-0.3, -0.25) is 9.59 Å². The molecule has 5 heteroatoms. The fourth-order valence-electron chi connectivity index (χ4n) is 1.95. The highest BCUT2D eigenvalue weighted by Crippen LogP contribution is 2.15. The lowest BCUT2D eigenvalue weighted by Crippen LogP contribution is -2.44. The van der Waals surface area contributed by atoms with Crippen LogP contribution in [-0.4, -0.2) is 29.1 Å². The highest BCUT2D eigenvalue weighted by molar-refractivity contribution is 6.39. The number of aryl methyl sites for hydroxylation is 1. The zero-order valence-electron chi connectivity index (χ0n) is 13.8. The summed E-state index contributed by atoms with van der Waals surface area (Å²) >= 11 is 0. The zero-order valence-corrected chi connectivity index (χ0v) is 13.8. The van der Waals surface area contributed by atoms with Crippen molar-refractivity contribution in [2.24, 2.45) is 5.92 Å². The van der Waals surface area contributed by atoms with E-state index in [1.165, 1.54) is 0 Å². The molecule has 0 aliphatic heterocycles. The predicted octanol–water partition coefficient (Wildman–Crippen LogP) is 2.24. The van der Waals surface area contributed by atoms with E-state index in [1.54, 1.807) is 25.1 Å². The van der Waals surface area contributed by atoms with Gasteiger partial charge in [0.05, 0.1) is 5.60 Å². The maximum absolute atomic E-state index is 11.8. The Morgan fingerprint density at radius 1 is 1.27 bits per heavy atom. The summed E-state index contributed by atoms with van der Waals surface area (Å²) in [4.78, 5) is 23.6. The Hall–Kier alpha value is -1.88. The zero-order chi connectivity index (χ0) is 16.8. The number of hydrogen-bond acceptors (Lipinski definition) is 3. The van der Waals surface area contributed by atoms with Crippen molar-refractivity contribution in [2.45, 2.75) is 46.1 Å². The van der Waals surface area contributed by atoms with E-state index in [0.717, 1.165) is 12.0 Å². The molecule has 0 unspecified atom stereocenters. The fraction of sp³-hybridized carbons (Fsp3) is 0.529. The molecule has 1 aromatic rings. The molecule has 5 nitrogen and oxygen atoms in total. The van der Waals surface area contributed by atoms with Gasteiger partial charge < -0.3 is 15.7 Å². The largest absolute Gasteiger partial charge is 0.388 e. The van der Waals surface area contributed by atoms with Crippen molar-refractivity contribution in [1.82, 2.24) is 5.32 Å². The Kier molecular flexibility index (Phi) is 6.56. The van der Waals surface area contributed by atoms with E-state index >= 15 is 0 Å². The molecule has 0 heterocycles. The fourth-order valence-corrected chi connectivity index (χ4v) is 1.95. The molecule has 0 saturated heterocycles. The summed E-state index contributed by atoms with van der Waals surface area (Å²) in [6, 6.07) is 7.21. The lowest BCUT2D eigenvalue weighted by atomic mass is 9.95. The molecule has 0 radical (unpaired) electrons. The van der Waals surface area contributed by atoms with Crippen LogP contribution in [0.15, 0.2) is 24.3 Å². The van der Waals surface area contributed by atoms with Crippen LogP contribution < -0.4 is 10.6 Å². The quantitative estimate of drug-likeness (QED) is 0.705. The molecule has 3 N–H and O–H groups in total. The highest BCUT2D eigenvalue weighted by Gasteiger charge is 2.23. The normalized spacial score (nSPS) is 13.5. The van der Waals surface area contributed by atoms with Crippen LogP contribution in [0, 0.1) is 12.8 Å². The van der Waals surface area contributed by atoms with Crippen molar-refractivity contribution in [3.05, 3.63) is 29.8 Å². The smallest absolute Gasteiger partial charge is 0.313 e. The van der Waals surface area contributed by atoms with Gasteiger partial charge in [0.2, 0.25) is 0 Å². The van der Waals surface area contributed by atoms with E-state index in [4.69, 9.17) is 0 Å². The van der Waals surface area contributed by atoms with E-state index in [2.05, 4.69) is 24.5 Å². The van der Waals surface area contributed by atoms with Gasteiger partial charge >= 0.3 is 11.8 Å². The number of benzene rings is 1. The van der Waals surface area contributed by atoms with E-state index in [1.807, 2.05) is 13.0 Å². The van der Waals surface area contributed by atoms with Gasteiger partial charge in [-0.25, -0.2) is 0 Å². The van der Waals surface area contributed by atoms with Gasteiger partial charge in [-0.15, -0.1) is 0 Å². The van der Waals surface area contributed by atoms with E-state index < -0.39 is 17.4 Å². The second-order valence-corrected chi connectivity index (χ2v) is 6.44. The topological polar surface area (TPSA) is 78.4 Å². The summed E-state index contributed by atoms with van der Waals surface area (Å²) in [6.45, 7) is 7.77. The van der Waals surface area contributed by atoms with Gasteiger partial charge in [-0.05, 0) is 50.3 Å². The highest BCUT2D eigenvalue weighted by atomic mass is 16.3. The Morgan fingerprint density at radius 3 is 2.55 bits per heavy atom. The lowest BCUT2D eigenvalue weighted by molar-refractivity contribution is -0.136. The minimum Gasteiger partial charge on any atom is -0.388 e. The molecule has 2 amide bonds. The third-order valence-electron chi connectivity index (χ3n) is 3.37. The van der Waals surface area contributed by atoms with Gasteiger partial charge in [0.15, 0.2) is 0 Å². The molecule has 0 saturated carbocycles. The third kappa shape index (κ3) is 6.72. The number of carbonyl (C=O) groups is 2. The number of carbonyl (C=O) groups excluding carboxylic acids is 2. The van der Waals surface area contributed by atoms with Crippen molar-refractivity contribution < 1.29 is 14.7 Å². The SMILES string of the molecule is Cc1cccc(NC(=O)C(=O)NC[C@@](C)(O)CCC(C)C)c1. The van der Waals surface area contributed by atoms with Crippen LogP contribution in [0.1, 0.15) is 39.2 Å². The van der Waals surface area contributed by atoms with Crippen LogP contribution in [0.4, 0.5) is 5.69 Å². The molecule has 0 bridgehead atoms. The minimum absolute atomic E-state index is 0.0553. The van der Waals surface area contributed by atoms with Gasteiger partial charge in [0.25, 0.3) is 0 Å². The van der Waals surface area contributed by atoms with E-state index in [-0.39, 0.29) is 6.54 Å². The Balaban J connectivity index is 2.46. The van der Waals surface area contributed by atoms with Crippen LogP contribution in [0.25, 0.3) is 0 Å². The van der Waals surface area contributed by atoms with Crippen LogP contribution in [-0.2, 0) is 9.59 Å². The molecular formula is C17H26N2O3. The summed E-state index contributed by atoms with van der Waals surface area (Å²) < 4.78 is 0. The minimum atomic E-state index is -1.01. The number of aliphatic hydroxyl groups is 1. The summed E-state index contributed by atoms with van der Waals surface area (Å²) in [5.74, 6) is -0.997. The van der Waals surface area contributed by atoms with Crippen LogP contribution in [0.5, 0.6) is 0 Å². The number of amides is 2. The molecule has 122 valence electrons. The summed E-state index contributed by atoms with van der Waals surface area (Å²) in [6.07, 6.45) is 1.43. The molecule has 0 aliphatic rings. The molecular weight excluding hydrogens is 280 g/mol. The molecule has 1 aromatic carbocycles. The first-order valence-electron chi connectivity index (χ1n) is 7.58. The molecule has 0 aromatic heterocycles. The maximum atomic E-state index is 11.8. The van der Waals surface area contributed by atoms with E-state index in [0.29, 0.717) is 18.0 Å². The Labute approximate surface area is 132 Å². The second-order valence-electron chi connectivity index (χ2n) is 6.44. The molecule has 0 aliphatic carbocycles. The van der Waals surface area contributed by atoms with Gasteiger partial charge in [-0.1, -0.05) is 26.0 Å². The van der Waals surface area contributed by atoms with Crippen molar-refractivity contribution in [3.63, 3.8) is 0 Å². The number of hydrogen-bond donors (Lipinski definition) is 3. The maximum Gasteiger partial charge on any atom is 0.313 e. The molecule has 1 atom stereocenters. The average molecular weight is 306 g/mol. The number of anilines is 1. The lowest BCUT2D eigenvalue weighted by Gasteiger charge is -2.24. The molecule has 0 spiro atoms. The summed E-state index contributed by atoms with van der Waals surface area (Å²) in [7, 11) is 0. The first-order chi connectivity index (χ1) is 10.2. The predicted molar refractivity (Wildman–Crippen MR) is 87.5 cm³/mol. The average Bonchev–Trinajstić information content (AvgIpc) is 2.43. The Morgan fingerprint density at radius 2 is 1.95 bits per heavy atom. The van der Waals surface area contributed by atoms with Crippen LogP contribution >= 0.6 is 0 Å². The first kappa shape index (κ1) is 18.2. The monoisotopic (exact) mass is 306 g/mol. The van der Waals surface area contributed by atoms with Gasteiger partial charge in [0, 0.05) is 12.2 Å². The van der Waals surface area contributed by atoms with Crippen molar-refractivity contribution in [3.8, 4) is 0 Å². The van der Waals surface area contributed by atoms with Crippen LogP contribution in [0.3, 0.4) is 0 Å². The Bertz CT molecular complexity index is 524. The summed E-state index contributed by atoms with van der Waals surface area (Å²) in [5.41, 5.74) is 0.561. The van der Waals surface area contributed by atoms with Crippen LogP contribution in [0.2, 0.25) is 0 Å². The number of rotatable bonds is 6. The van der Waals surface area contributed by atoms with E-state index in [9.17, 15) is 14.7 Å². The van der Waals surface area contributed by atoms with Gasteiger partial charge in [-0.2, -0.15) is 0 Å². The summed E-state index contributed by atoms with van der Waals surface area (Å²) in [5, 5.41) is 15.2. The molecule has 0 fully saturated rings. The third-order valence-corrected chi connectivity index (χ3v) is 3.37. The van der Waals surface area contributed by atoms with Crippen molar-refractivity contribution in [1.29, 1.82) is 0 Å². The molecule has 1 rings (SSSR count). The van der Waals surface area contributed by atoms with Crippen molar-refractivity contribution in [2.75, 3.05) is 11.9 Å². The first-order valence-corrected chi connectivity index (χ1v) is 7.58. The standard InChI is InChI=1S/C17H26N2O3/c1-12(2)8-9-17(4,22)11-18-15(20)16(21)19-14-7-5-6-13(3)10-14/h5-7,10,12,22H,8-9,11H2,1-4H3,(H,18,20)(H,19,21)/t17-/m0/s1. The second kappa shape index (κ2) is 7.94. The van der Waals surface area contributed by atoms with Crippen molar-refractivity contribution >= 4 is 17.5 Å².